The van der Waals surface area contributed by atoms with E-state index in [9.17, 15) is 17.4 Å². The first-order valence-corrected chi connectivity index (χ1v) is 12.1. The fourth-order valence-electron chi connectivity index (χ4n) is 3.50. The summed E-state index contributed by atoms with van der Waals surface area (Å²) < 4.78 is 35.7. The summed E-state index contributed by atoms with van der Waals surface area (Å²) in [5.74, 6) is -0.144. The fourth-order valence-corrected chi connectivity index (χ4v) is 6.03. The lowest BCUT2D eigenvalue weighted by Crippen LogP contribution is -2.47. The Bertz CT molecular complexity index is 949. The van der Waals surface area contributed by atoms with Crippen molar-refractivity contribution in [3.63, 3.8) is 0 Å². The number of carbonyl (C=O) groups is 1. The van der Waals surface area contributed by atoms with Gasteiger partial charge in [-0.25, -0.2) is 8.42 Å². The van der Waals surface area contributed by atoms with E-state index in [-0.39, 0.29) is 0 Å². The number of sulfone groups is 1. The Morgan fingerprint density at radius 2 is 1.74 bits per heavy atom. The van der Waals surface area contributed by atoms with Gasteiger partial charge in [-0.3, -0.25) is 9.00 Å². The highest BCUT2D eigenvalue weighted by molar-refractivity contribution is 7.93. The maximum Gasteiger partial charge on any atom is 0.245 e. The number of hydrogen-bond acceptors (Lipinski definition) is 4. The van der Waals surface area contributed by atoms with Crippen LogP contribution in [0.4, 0.5) is 5.69 Å². The zero-order chi connectivity index (χ0) is 19.5. The number of anilines is 1. The van der Waals surface area contributed by atoms with Crippen LogP contribution in [0.15, 0.2) is 59.5 Å². The van der Waals surface area contributed by atoms with Crippen LogP contribution in [-0.4, -0.2) is 29.5 Å². The third-order valence-electron chi connectivity index (χ3n) is 5.02. The Morgan fingerprint density at radius 3 is 2.37 bits per heavy atom. The molecule has 1 atom stereocenters. The van der Waals surface area contributed by atoms with Crippen molar-refractivity contribution < 1.29 is 17.4 Å². The molecule has 27 heavy (non-hydrogen) atoms. The van der Waals surface area contributed by atoms with E-state index >= 15 is 0 Å². The standard InChI is InChI=1S/C20H23NO4S2/c1-27(24,25)20(12-5-6-13-20)19(22)21-17-9-7-8-16(14-17)15-26(23)18-10-3-2-4-11-18/h2-4,7-11,14H,5-6,12-13,15H2,1H3,(H,21,22). The highest BCUT2D eigenvalue weighted by Gasteiger charge is 2.49. The normalized spacial score (nSPS) is 17.4. The second-order valence-corrected chi connectivity index (χ2v) is 10.7. The quantitative estimate of drug-likeness (QED) is 0.800. The second kappa shape index (κ2) is 7.94. The van der Waals surface area contributed by atoms with Gasteiger partial charge in [-0.15, -0.1) is 0 Å². The first-order chi connectivity index (χ1) is 12.8. The van der Waals surface area contributed by atoms with E-state index in [0.717, 1.165) is 29.6 Å². The topological polar surface area (TPSA) is 80.3 Å². The lowest BCUT2D eigenvalue weighted by atomic mass is 10.1. The molecule has 1 amide bonds. The molecular formula is C20H23NO4S2. The Morgan fingerprint density at radius 1 is 1.07 bits per heavy atom. The molecule has 144 valence electrons. The van der Waals surface area contributed by atoms with Gasteiger partial charge in [-0.1, -0.05) is 43.2 Å². The smallest absolute Gasteiger partial charge is 0.245 e. The molecule has 0 radical (unpaired) electrons. The molecule has 1 aliphatic rings. The van der Waals surface area contributed by atoms with Crippen LogP contribution in [0, 0.1) is 0 Å². The maximum atomic E-state index is 12.8. The Balaban J connectivity index is 1.76. The average Bonchev–Trinajstić information content (AvgIpc) is 3.14. The Hall–Kier alpha value is -1.99. The Kier molecular flexibility index (Phi) is 5.81. The summed E-state index contributed by atoms with van der Waals surface area (Å²) in [6.45, 7) is 0. The van der Waals surface area contributed by atoms with Crippen molar-refractivity contribution in [2.45, 2.75) is 41.1 Å². The molecule has 0 aliphatic heterocycles. The molecule has 0 aromatic heterocycles. The van der Waals surface area contributed by atoms with Crippen LogP contribution < -0.4 is 5.32 Å². The first-order valence-electron chi connectivity index (χ1n) is 8.85. The first kappa shape index (κ1) is 19.8. The minimum atomic E-state index is -3.51. The molecule has 2 aromatic rings. The molecule has 2 aromatic carbocycles. The largest absolute Gasteiger partial charge is 0.325 e. The summed E-state index contributed by atoms with van der Waals surface area (Å²) in [6.07, 6.45) is 3.31. The van der Waals surface area contributed by atoms with Gasteiger partial charge in [0.1, 0.15) is 0 Å². The molecule has 0 heterocycles. The van der Waals surface area contributed by atoms with Crippen LogP contribution in [0.1, 0.15) is 31.2 Å². The van der Waals surface area contributed by atoms with Crippen molar-refractivity contribution >= 4 is 32.2 Å². The SMILES string of the molecule is CS(=O)(=O)C1(C(=O)Nc2cccc(CS(=O)c3ccccc3)c2)CCCC1. The van der Waals surface area contributed by atoms with E-state index in [1.807, 2.05) is 36.4 Å². The Labute approximate surface area is 162 Å². The van der Waals surface area contributed by atoms with Gasteiger partial charge in [0.05, 0.1) is 16.6 Å². The molecular weight excluding hydrogens is 382 g/mol. The molecule has 1 saturated carbocycles. The number of benzene rings is 2. The van der Waals surface area contributed by atoms with Gasteiger partial charge in [-0.05, 0) is 42.7 Å². The molecule has 7 heteroatoms. The highest BCUT2D eigenvalue weighted by Crippen LogP contribution is 2.37. The molecule has 0 spiro atoms. The summed E-state index contributed by atoms with van der Waals surface area (Å²) in [7, 11) is -4.70. The van der Waals surface area contributed by atoms with Crippen molar-refractivity contribution in [2.24, 2.45) is 0 Å². The monoisotopic (exact) mass is 405 g/mol. The van der Waals surface area contributed by atoms with Crippen molar-refractivity contribution in [2.75, 3.05) is 11.6 Å². The molecule has 3 rings (SSSR count). The molecule has 5 nitrogen and oxygen atoms in total. The van der Waals surface area contributed by atoms with E-state index in [1.165, 1.54) is 0 Å². The van der Waals surface area contributed by atoms with Gasteiger partial charge in [0.15, 0.2) is 14.6 Å². The molecule has 1 N–H and O–H groups in total. The predicted molar refractivity (Wildman–Crippen MR) is 108 cm³/mol. The second-order valence-electron chi connectivity index (χ2n) is 6.93. The van der Waals surface area contributed by atoms with Gasteiger partial charge in [-0.2, -0.15) is 0 Å². The van der Waals surface area contributed by atoms with E-state index in [1.54, 1.807) is 18.2 Å². The number of hydrogen-bond donors (Lipinski definition) is 1. The summed E-state index contributed by atoms with van der Waals surface area (Å²) in [4.78, 5) is 13.5. The fraction of sp³-hybridized carbons (Fsp3) is 0.350. The lowest BCUT2D eigenvalue weighted by molar-refractivity contribution is -0.118. The van der Waals surface area contributed by atoms with Gasteiger partial charge in [0, 0.05) is 16.8 Å². The van der Waals surface area contributed by atoms with E-state index in [4.69, 9.17) is 0 Å². The number of amides is 1. The zero-order valence-electron chi connectivity index (χ0n) is 15.2. The number of carbonyl (C=O) groups excluding carboxylic acids is 1. The number of rotatable bonds is 6. The van der Waals surface area contributed by atoms with Crippen LogP contribution in [-0.2, 0) is 31.2 Å². The van der Waals surface area contributed by atoms with Gasteiger partial charge < -0.3 is 5.32 Å². The summed E-state index contributed by atoms with van der Waals surface area (Å²) in [5.41, 5.74) is 1.34. The molecule has 1 fully saturated rings. The van der Waals surface area contributed by atoms with Crippen LogP contribution >= 0.6 is 0 Å². The van der Waals surface area contributed by atoms with Crippen molar-refractivity contribution in [3.8, 4) is 0 Å². The van der Waals surface area contributed by atoms with Gasteiger partial charge in [0.25, 0.3) is 0 Å². The summed E-state index contributed by atoms with van der Waals surface area (Å²) >= 11 is 0. The maximum absolute atomic E-state index is 12.8. The summed E-state index contributed by atoms with van der Waals surface area (Å²) in [6, 6.07) is 16.3. The number of nitrogens with one attached hydrogen (secondary N) is 1. The van der Waals surface area contributed by atoms with Crippen LogP contribution in [0.3, 0.4) is 0 Å². The zero-order valence-corrected chi connectivity index (χ0v) is 16.8. The van der Waals surface area contributed by atoms with Crippen LogP contribution in [0.5, 0.6) is 0 Å². The average molecular weight is 406 g/mol. The van der Waals surface area contributed by atoms with E-state index in [2.05, 4.69) is 5.32 Å². The third-order valence-corrected chi connectivity index (χ3v) is 8.43. The van der Waals surface area contributed by atoms with E-state index in [0.29, 0.717) is 24.3 Å². The minimum Gasteiger partial charge on any atom is -0.325 e. The minimum absolute atomic E-state index is 0.324. The molecule has 1 unspecified atom stereocenters. The third kappa shape index (κ3) is 4.30. The van der Waals surface area contributed by atoms with Gasteiger partial charge in [0.2, 0.25) is 5.91 Å². The highest BCUT2D eigenvalue weighted by atomic mass is 32.2. The predicted octanol–water partition coefficient (Wildman–Crippen LogP) is 3.29. The van der Waals surface area contributed by atoms with Crippen molar-refractivity contribution in [1.29, 1.82) is 0 Å². The van der Waals surface area contributed by atoms with Crippen molar-refractivity contribution in [3.05, 3.63) is 60.2 Å². The lowest BCUT2D eigenvalue weighted by Gasteiger charge is -2.25. The molecule has 1 aliphatic carbocycles. The van der Waals surface area contributed by atoms with Crippen molar-refractivity contribution in [1.82, 2.24) is 0 Å². The van der Waals surface area contributed by atoms with Crippen LogP contribution in [0.2, 0.25) is 0 Å². The van der Waals surface area contributed by atoms with Gasteiger partial charge >= 0.3 is 0 Å². The summed E-state index contributed by atoms with van der Waals surface area (Å²) in [5, 5.41) is 2.77. The molecule has 0 bridgehead atoms. The van der Waals surface area contributed by atoms with Crippen LogP contribution in [0.25, 0.3) is 0 Å². The van der Waals surface area contributed by atoms with E-state index < -0.39 is 31.3 Å². The molecule has 0 saturated heterocycles.